The van der Waals surface area contributed by atoms with Crippen LogP contribution in [-0.2, 0) is 16.4 Å². The second-order valence-corrected chi connectivity index (χ2v) is 9.26. The number of nitrogens with one attached hydrogen (secondary N) is 1. The summed E-state index contributed by atoms with van der Waals surface area (Å²) in [5.41, 5.74) is 1.08. The minimum absolute atomic E-state index is 0.145. The van der Waals surface area contributed by atoms with Crippen molar-refractivity contribution in [3.63, 3.8) is 0 Å². The molecule has 2 N–H and O–H groups in total. The molecular weight excluding hydrogens is 438 g/mol. The normalized spacial score (nSPS) is 15.2. The van der Waals surface area contributed by atoms with E-state index in [1.54, 1.807) is 6.07 Å². The van der Waals surface area contributed by atoms with E-state index in [9.17, 15) is 23.1 Å². The number of ether oxygens (including phenoxy) is 3. The van der Waals surface area contributed by atoms with E-state index in [4.69, 9.17) is 14.2 Å². The van der Waals surface area contributed by atoms with Crippen LogP contribution in [0.4, 0.5) is 0 Å². The van der Waals surface area contributed by atoms with Gasteiger partial charge in [0, 0.05) is 11.6 Å². The van der Waals surface area contributed by atoms with Crippen LogP contribution in [-0.4, -0.2) is 46.6 Å². The largest absolute Gasteiger partial charge is 0.493 e. The summed E-state index contributed by atoms with van der Waals surface area (Å²) in [6, 6.07) is 4.93. The van der Waals surface area contributed by atoms with Crippen LogP contribution in [0.5, 0.6) is 17.2 Å². The summed E-state index contributed by atoms with van der Waals surface area (Å²) in [6.45, 7) is 1.51. The minimum atomic E-state index is -3.63. The fourth-order valence-electron chi connectivity index (χ4n) is 3.91. The number of carboxylic acids is 1. The van der Waals surface area contributed by atoms with Crippen molar-refractivity contribution < 1.29 is 32.5 Å². The smallest absolute Gasteiger partial charge is 0.339 e. The molecule has 10 heteroatoms. The summed E-state index contributed by atoms with van der Waals surface area (Å²) < 4.78 is 44.0. The Morgan fingerprint density at radius 2 is 1.81 bits per heavy atom. The van der Waals surface area contributed by atoms with Gasteiger partial charge in [0.25, 0.3) is 0 Å². The first-order valence-corrected chi connectivity index (χ1v) is 11.6. The van der Waals surface area contributed by atoms with Crippen LogP contribution < -0.4 is 24.4 Å². The number of benzene rings is 1. The van der Waals surface area contributed by atoms with E-state index < -0.39 is 33.0 Å². The van der Waals surface area contributed by atoms with Crippen molar-refractivity contribution in [3.8, 4) is 28.4 Å². The van der Waals surface area contributed by atoms with E-state index in [-0.39, 0.29) is 5.75 Å². The number of carboxylic acid groups (broad SMARTS) is 1. The number of fused-ring (bicyclic) bond motifs is 3. The number of methoxy groups -OCH3 is 3. The Morgan fingerprint density at radius 3 is 2.38 bits per heavy atom. The zero-order chi connectivity index (χ0) is 23.6. The molecule has 0 aromatic heterocycles. The van der Waals surface area contributed by atoms with Gasteiger partial charge in [0.1, 0.15) is 5.56 Å². The molecule has 0 saturated heterocycles. The minimum Gasteiger partial charge on any atom is -0.493 e. The van der Waals surface area contributed by atoms with E-state index in [0.29, 0.717) is 46.8 Å². The Morgan fingerprint density at radius 1 is 1.12 bits per heavy atom. The zero-order valence-electron chi connectivity index (χ0n) is 18.2. The molecule has 2 aromatic rings. The van der Waals surface area contributed by atoms with Gasteiger partial charge in [-0.3, -0.25) is 4.79 Å². The van der Waals surface area contributed by atoms with Gasteiger partial charge in [0.2, 0.25) is 15.8 Å². The second kappa shape index (κ2) is 9.17. The molecule has 0 saturated carbocycles. The van der Waals surface area contributed by atoms with Crippen molar-refractivity contribution in [1.29, 1.82) is 0 Å². The number of rotatable bonds is 7. The second-order valence-electron chi connectivity index (χ2n) is 7.22. The van der Waals surface area contributed by atoms with Crippen LogP contribution in [0.2, 0.25) is 0 Å². The molecule has 1 atom stereocenters. The van der Waals surface area contributed by atoms with E-state index in [1.165, 1.54) is 46.5 Å². The maximum Gasteiger partial charge on any atom is 0.339 e. The average Bonchev–Trinajstić information content (AvgIpc) is 3.02. The Balaban J connectivity index is 2.44. The summed E-state index contributed by atoms with van der Waals surface area (Å²) in [4.78, 5) is 24.2. The van der Waals surface area contributed by atoms with E-state index in [0.717, 1.165) is 5.56 Å². The van der Waals surface area contributed by atoms with Crippen molar-refractivity contribution in [1.82, 2.24) is 4.72 Å². The molecule has 0 amide bonds. The first-order chi connectivity index (χ1) is 15.2. The first-order valence-electron chi connectivity index (χ1n) is 9.91. The Kier molecular flexibility index (Phi) is 6.75. The molecule has 0 spiro atoms. The number of aromatic carboxylic acids is 1. The maximum absolute atomic E-state index is 12.4. The first kappa shape index (κ1) is 23.6. The lowest BCUT2D eigenvalue weighted by Gasteiger charge is -2.20. The van der Waals surface area contributed by atoms with Crippen molar-refractivity contribution >= 4 is 16.0 Å². The highest BCUT2D eigenvalue weighted by Gasteiger charge is 2.31. The average molecular weight is 464 g/mol. The molecule has 1 unspecified atom stereocenters. The van der Waals surface area contributed by atoms with Crippen LogP contribution in [0.3, 0.4) is 0 Å². The molecule has 0 fully saturated rings. The number of carbonyl (C=O) groups is 1. The molecule has 1 aliphatic rings. The molecule has 0 radical (unpaired) electrons. The third-order valence-corrected chi connectivity index (χ3v) is 6.87. The van der Waals surface area contributed by atoms with E-state index >= 15 is 0 Å². The SMILES string of the molecule is CCS(=O)(=O)NC1CCc2cc(OC)c(OC)c(OC)c2-c2ccc(=O)c(C(=O)O)cc21. The Labute approximate surface area is 186 Å². The Hall–Kier alpha value is -3.11. The van der Waals surface area contributed by atoms with E-state index in [2.05, 4.69) is 4.72 Å². The Bertz CT molecular complexity index is 1220. The summed E-state index contributed by atoms with van der Waals surface area (Å²) in [6.07, 6.45) is 0.767. The number of aryl methyl sites for hydroxylation is 1. The topological polar surface area (TPSA) is 128 Å². The van der Waals surface area contributed by atoms with Gasteiger partial charge >= 0.3 is 5.97 Å². The lowest BCUT2D eigenvalue weighted by Crippen LogP contribution is -2.30. The maximum atomic E-state index is 12.4. The lowest BCUT2D eigenvalue weighted by molar-refractivity contribution is 0.0695. The van der Waals surface area contributed by atoms with Gasteiger partial charge in [0.05, 0.1) is 27.1 Å². The van der Waals surface area contributed by atoms with Crippen LogP contribution in [0.15, 0.2) is 29.1 Å². The van der Waals surface area contributed by atoms with Crippen molar-refractivity contribution in [2.75, 3.05) is 27.1 Å². The van der Waals surface area contributed by atoms with Gasteiger partial charge in [-0.25, -0.2) is 17.9 Å². The molecule has 0 aliphatic heterocycles. The molecular formula is C22H25NO8S. The van der Waals surface area contributed by atoms with Gasteiger partial charge in [-0.2, -0.15) is 0 Å². The molecule has 172 valence electrons. The number of hydrogen-bond acceptors (Lipinski definition) is 7. The summed E-state index contributed by atoms with van der Waals surface area (Å²) in [5.74, 6) is -0.423. The van der Waals surface area contributed by atoms with Gasteiger partial charge < -0.3 is 19.3 Å². The summed E-state index contributed by atoms with van der Waals surface area (Å²) in [5, 5.41) is 9.56. The molecule has 1 aliphatic carbocycles. The quantitative estimate of drug-likeness (QED) is 0.640. The van der Waals surface area contributed by atoms with Crippen LogP contribution in [0.25, 0.3) is 11.1 Å². The monoisotopic (exact) mass is 463 g/mol. The fraction of sp³-hybridized carbons (Fsp3) is 0.364. The third kappa shape index (κ3) is 4.28. The van der Waals surface area contributed by atoms with Crippen molar-refractivity contribution in [3.05, 3.63) is 51.2 Å². The van der Waals surface area contributed by atoms with Crippen LogP contribution in [0.1, 0.15) is 40.9 Å². The highest BCUT2D eigenvalue weighted by molar-refractivity contribution is 7.89. The predicted octanol–water partition coefficient (Wildman–Crippen LogP) is 2.36. The zero-order valence-corrected chi connectivity index (χ0v) is 19.0. The molecule has 9 nitrogen and oxygen atoms in total. The molecule has 0 bridgehead atoms. The van der Waals surface area contributed by atoms with Crippen LogP contribution in [0, 0.1) is 0 Å². The van der Waals surface area contributed by atoms with Gasteiger partial charge in [0.15, 0.2) is 16.9 Å². The fourth-order valence-corrected chi connectivity index (χ4v) is 4.75. The van der Waals surface area contributed by atoms with Gasteiger partial charge in [-0.15, -0.1) is 0 Å². The number of sulfonamides is 1. The highest BCUT2D eigenvalue weighted by atomic mass is 32.2. The van der Waals surface area contributed by atoms with Crippen molar-refractivity contribution in [2.24, 2.45) is 0 Å². The van der Waals surface area contributed by atoms with Gasteiger partial charge in [-0.1, -0.05) is 0 Å². The molecule has 32 heavy (non-hydrogen) atoms. The third-order valence-electron chi connectivity index (χ3n) is 5.47. The molecule has 3 rings (SSSR count). The molecule has 0 heterocycles. The van der Waals surface area contributed by atoms with E-state index in [1.807, 2.05) is 0 Å². The highest BCUT2D eigenvalue weighted by Crippen LogP contribution is 2.50. The standard InChI is InChI=1S/C22H25NO8S/c1-5-32(27,28)23-16-8-6-12-10-18(29-2)20(30-3)21(31-4)19(12)13-7-9-17(24)15(22(25)26)11-14(13)16/h7,9-11,16,23H,5-6,8H2,1-4H3,(H,25,26). The lowest BCUT2D eigenvalue weighted by atomic mass is 9.95. The van der Waals surface area contributed by atoms with Gasteiger partial charge in [-0.05, 0) is 60.7 Å². The summed E-state index contributed by atoms with van der Waals surface area (Å²) in [7, 11) is 0.794. The predicted molar refractivity (Wildman–Crippen MR) is 118 cm³/mol. The number of hydrogen-bond donors (Lipinski definition) is 2. The van der Waals surface area contributed by atoms with Crippen LogP contribution >= 0.6 is 0 Å². The molecule has 2 aromatic carbocycles. The summed E-state index contributed by atoms with van der Waals surface area (Å²) >= 11 is 0. The van der Waals surface area contributed by atoms with Crippen molar-refractivity contribution in [2.45, 2.75) is 25.8 Å².